The summed E-state index contributed by atoms with van der Waals surface area (Å²) in [4.78, 5) is 0. The van der Waals surface area contributed by atoms with Crippen molar-refractivity contribution < 1.29 is 13.7 Å². The minimum atomic E-state index is -0.752. The molecule has 2 aliphatic rings. The van der Waals surface area contributed by atoms with E-state index >= 15 is 0 Å². The van der Waals surface area contributed by atoms with E-state index in [2.05, 4.69) is 0 Å². The highest BCUT2D eigenvalue weighted by atomic mass is 32.2. The fraction of sp³-hybridized carbons (Fsp3) is 0.600. The molecule has 1 aromatic rings. The van der Waals surface area contributed by atoms with Crippen LogP contribution in [0.1, 0.15) is 37.7 Å². The van der Waals surface area contributed by atoms with Gasteiger partial charge in [-0.2, -0.15) is 0 Å². The third kappa shape index (κ3) is 2.61. The van der Waals surface area contributed by atoms with Gasteiger partial charge in [0.25, 0.3) is 0 Å². The predicted molar refractivity (Wildman–Crippen MR) is 73.9 cm³/mol. The number of benzene rings is 1. The van der Waals surface area contributed by atoms with Gasteiger partial charge >= 0.3 is 0 Å². The van der Waals surface area contributed by atoms with Crippen LogP contribution < -0.4 is 0 Å². The van der Waals surface area contributed by atoms with Crippen molar-refractivity contribution in [3.63, 3.8) is 0 Å². The average Bonchev–Trinajstić information content (AvgIpc) is 2.62. The van der Waals surface area contributed by atoms with Crippen LogP contribution in [0.2, 0.25) is 0 Å². The van der Waals surface area contributed by atoms with Crippen molar-refractivity contribution in [2.75, 3.05) is 0 Å². The van der Waals surface area contributed by atoms with E-state index in [4.69, 9.17) is 0 Å². The molecule has 3 rings (SSSR count). The van der Waals surface area contributed by atoms with Gasteiger partial charge in [-0.05, 0) is 50.2 Å². The molecule has 19 heavy (non-hydrogen) atoms. The topological polar surface area (TPSA) is 37.3 Å². The van der Waals surface area contributed by atoms with E-state index < -0.39 is 16.4 Å². The van der Waals surface area contributed by atoms with Crippen molar-refractivity contribution in [3.8, 4) is 0 Å². The van der Waals surface area contributed by atoms with Crippen molar-refractivity contribution in [1.29, 1.82) is 0 Å². The van der Waals surface area contributed by atoms with Crippen LogP contribution in [0.25, 0.3) is 0 Å². The van der Waals surface area contributed by atoms with Gasteiger partial charge in [0.05, 0.1) is 5.60 Å². The van der Waals surface area contributed by atoms with E-state index in [0.717, 1.165) is 12.8 Å². The van der Waals surface area contributed by atoms with Crippen LogP contribution in [0.15, 0.2) is 24.3 Å². The van der Waals surface area contributed by atoms with Crippen LogP contribution >= 0.6 is 0 Å². The molecule has 4 heteroatoms. The molecule has 0 radical (unpaired) electrons. The van der Waals surface area contributed by atoms with Gasteiger partial charge in [0.2, 0.25) is 0 Å². The summed E-state index contributed by atoms with van der Waals surface area (Å²) in [6.45, 7) is 0. The number of halogens is 1. The Hall–Kier alpha value is -0.740. The van der Waals surface area contributed by atoms with E-state index in [-0.39, 0.29) is 16.3 Å². The second kappa shape index (κ2) is 4.98. The standard InChI is InChI=1S/C15H19FO2S/c16-14-4-2-1-3-11(14)7-8-15(17)9-12-5-6-13(10-15)19(12)18/h1-4,12-13,17H,5-10H2. The first kappa shape index (κ1) is 13.3. The number of aryl methyl sites for hydroxylation is 1. The number of rotatable bonds is 3. The molecule has 104 valence electrons. The highest BCUT2D eigenvalue weighted by Crippen LogP contribution is 2.42. The van der Waals surface area contributed by atoms with Crippen LogP contribution in [-0.4, -0.2) is 25.4 Å². The van der Waals surface area contributed by atoms with E-state index in [9.17, 15) is 13.7 Å². The van der Waals surface area contributed by atoms with Crippen LogP contribution in [0.5, 0.6) is 0 Å². The molecule has 2 saturated heterocycles. The van der Waals surface area contributed by atoms with E-state index in [1.807, 2.05) is 6.07 Å². The SMILES string of the molecule is O=S1C2CCC1CC(O)(CCc1ccccc1F)C2. The zero-order chi connectivity index (χ0) is 13.5. The van der Waals surface area contributed by atoms with Gasteiger partial charge in [-0.1, -0.05) is 18.2 Å². The number of hydrogen-bond donors (Lipinski definition) is 1. The first-order chi connectivity index (χ1) is 9.07. The largest absolute Gasteiger partial charge is 0.390 e. The smallest absolute Gasteiger partial charge is 0.126 e. The molecule has 2 atom stereocenters. The Labute approximate surface area is 115 Å². The third-order valence-electron chi connectivity index (χ3n) is 4.50. The second-order valence-corrected chi connectivity index (χ2v) is 7.86. The quantitative estimate of drug-likeness (QED) is 0.925. The molecular weight excluding hydrogens is 263 g/mol. The van der Waals surface area contributed by atoms with Crippen molar-refractivity contribution >= 4 is 10.8 Å². The summed E-state index contributed by atoms with van der Waals surface area (Å²) in [5, 5.41) is 11.0. The third-order valence-corrected chi connectivity index (χ3v) is 6.62. The second-order valence-electron chi connectivity index (χ2n) is 5.87. The molecule has 2 heterocycles. The summed E-state index contributed by atoms with van der Waals surface area (Å²) in [6.07, 6.45) is 4.29. The fourth-order valence-corrected chi connectivity index (χ4v) is 5.68. The molecule has 1 N–H and O–H groups in total. The predicted octanol–water partition coefficient (Wildman–Crippen LogP) is 2.56. The molecule has 2 aliphatic heterocycles. The minimum absolute atomic E-state index is 0.157. The Bertz CT molecular complexity index is 487. The van der Waals surface area contributed by atoms with Crippen LogP contribution in [0.4, 0.5) is 4.39 Å². The molecule has 2 nitrogen and oxygen atoms in total. The fourth-order valence-electron chi connectivity index (χ4n) is 3.45. The summed E-state index contributed by atoms with van der Waals surface area (Å²) in [6, 6.07) is 6.73. The number of aliphatic hydroxyl groups is 1. The molecule has 0 amide bonds. The van der Waals surface area contributed by atoms with Crippen molar-refractivity contribution in [1.82, 2.24) is 0 Å². The summed E-state index contributed by atoms with van der Waals surface area (Å²) < 4.78 is 25.5. The summed E-state index contributed by atoms with van der Waals surface area (Å²) in [5.74, 6) is -0.201. The number of hydrogen-bond acceptors (Lipinski definition) is 2. The van der Waals surface area contributed by atoms with Crippen molar-refractivity contribution in [2.45, 2.75) is 54.6 Å². The highest BCUT2D eigenvalue weighted by molar-refractivity contribution is 7.86. The lowest BCUT2D eigenvalue weighted by molar-refractivity contribution is 0.0144. The van der Waals surface area contributed by atoms with Crippen LogP contribution in [0, 0.1) is 5.82 Å². The zero-order valence-corrected chi connectivity index (χ0v) is 11.7. The van der Waals surface area contributed by atoms with Gasteiger partial charge < -0.3 is 5.11 Å². The first-order valence-corrected chi connectivity index (χ1v) is 8.20. The maximum Gasteiger partial charge on any atom is 0.126 e. The van der Waals surface area contributed by atoms with Gasteiger partial charge in [0.15, 0.2) is 0 Å². The molecule has 2 bridgehead atoms. The monoisotopic (exact) mass is 282 g/mol. The molecule has 1 aromatic carbocycles. The average molecular weight is 282 g/mol. The maximum absolute atomic E-state index is 13.6. The molecule has 0 spiro atoms. The summed E-state index contributed by atoms with van der Waals surface area (Å²) in [7, 11) is -0.752. The molecule has 2 fully saturated rings. The van der Waals surface area contributed by atoms with Gasteiger partial charge in [0, 0.05) is 21.3 Å². The molecule has 0 saturated carbocycles. The lowest BCUT2D eigenvalue weighted by atomic mass is 9.87. The van der Waals surface area contributed by atoms with E-state index in [0.29, 0.717) is 31.2 Å². The Morgan fingerprint density at radius 2 is 1.89 bits per heavy atom. The lowest BCUT2D eigenvalue weighted by Crippen LogP contribution is -2.42. The molecule has 0 aromatic heterocycles. The van der Waals surface area contributed by atoms with Crippen LogP contribution in [-0.2, 0) is 17.2 Å². The summed E-state index contributed by atoms with van der Waals surface area (Å²) >= 11 is 0. The first-order valence-electron chi connectivity index (χ1n) is 6.93. The van der Waals surface area contributed by atoms with Crippen molar-refractivity contribution in [3.05, 3.63) is 35.6 Å². The van der Waals surface area contributed by atoms with Gasteiger partial charge in [-0.25, -0.2) is 4.39 Å². The van der Waals surface area contributed by atoms with Crippen LogP contribution in [0.3, 0.4) is 0 Å². The molecule has 2 unspecified atom stereocenters. The Kier molecular flexibility index (Phi) is 3.48. The lowest BCUT2D eigenvalue weighted by Gasteiger charge is -2.36. The normalized spacial score (nSPS) is 37.5. The maximum atomic E-state index is 13.6. The van der Waals surface area contributed by atoms with Gasteiger partial charge in [-0.15, -0.1) is 0 Å². The zero-order valence-electron chi connectivity index (χ0n) is 10.8. The van der Waals surface area contributed by atoms with E-state index in [1.165, 1.54) is 6.07 Å². The van der Waals surface area contributed by atoms with Gasteiger partial charge in [-0.3, -0.25) is 4.21 Å². The summed E-state index contributed by atoms with van der Waals surface area (Å²) in [5.41, 5.74) is -0.0860. The van der Waals surface area contributed by atoms with Crippen molar-refractivity contribution in [2.24, 2.45) is 0 Å². The van der Waals surface area contributed by atoms with Gasteiger partial charge in [0.1, 0.15) is 5.82 Å². The molecular formula is C15H19FO2S. The minimum Gasteiger partial charge on any atom is -0.390 e. The van der Waals surface area contributed by atoms with E-state index in [1.54, 1.807) is 12.1 Å². The Balaban J connectivity index is 1.67. The molecule has 0 aliphatic carbocycles. The highest BCUT2D eigenvalue weighted by Gasteiger charge is 2.47. The Morgan fingerprint density at radius 1 is 1.26 bits per heavy atom. The Morgan fingerprint density at radius 3 is 2.53 bits per heavy atom. The number of fused-ring (bicyclic) bond motifs is 2.